The van der Waals surface area contributed by atoms with Gasteiger partial charge in [-0.1, -0.05) is 24.3 Å². The van der Waals surface area contributed by atoms with E-state index in [0.717, 1.165) is 11.1 Å². The van der Waals surface area contributed by atoms with Crippen molar-refractivity contribution >= 4 is 11.9 Å². The molecule has 2 heterocycles. The second kappa shape index (κ2) is 7.03. The van der Waals surface area contributed by atoms with E-state index in [9.17, 15) is 9.59 Å². The van der Waals surface area contributed by atoms with Crippen LogP contribution in [-0.2, 0) is 4.74 Å². The minimum atomic E-state index is -1.11. The molecule has 6 nitrogen and oxygen atoms in total. The Balaban J connectivity index is 1.81. The molecule has 25 heavy (non-hydrogen) atoms. The van der Waals surface area contributed by atoms with Gasteiger partial charge in [0.05, 0.1) is 24.8 Å². The number of aromatic nitrogens is 1. The van der Waals surface area contributed by atoms with Crippen LogP contribution in [0.25, 0.3) is 0 Å². The van der Waals surface area contributed by atoms with Crippen molar-refractivity contribution in [1.29, 1.82) is 0 Å². The van der Waals surface area contributed by atoms with Gasteiger partial charge in [-0.3, -0.25) is 4.79 Å². The van der Waals surface area contributed by atoms with Crippen LogP contribution >= 0.6 is 0 Å². The molecule has 0 radical (unpaired) electrons. The molecule has 1 saturated heterocycles. The summed E-state index contributed by atoms with van der Waals surface area (Å²) >= 11 is 0. The molecule has 1 aromatic heterocycles. The second-order valence-corrected chi connectivity index (χ2v) is 6.22. The molecule has 0 aliphatic carbocycles. The molecule has 6 heteroatoms. The van der Waals surface area contributed by atoms with Gasteiger partial charge in [0, 0.05) is 6.20 Å². The predicted octanol–water partition coefficient (Wildman–Crippen LogP) is 2.69. The van der Waals surface area contributed by atoms with E-state index < -0.39 is 5.97 Å². The summed E-state index contributed by atoms with van der Waals surface area (Å²) in [7, 11) is 0. The van der Waals surface area contributed by atoms with Gasteiger partial charge in [0.2, 0.25) is 0 Å². The predicted molar refractivity (Wildman–Crippen MR) is 91.6 cm³/mol. The first-order valence-corrected chi connectivity index (χ1v) is 8.15. The summed E-state index contributed by atoms with van der Waals surface area (Å²) in [5.74, 6) is -1.28. The average Bonchev–Trinajstić information content (AvgIpc) is 2.62. The van der Waals surface area contributed by atoms with E-state index in [-0.39, 0.29) is 23.7 Å². The molecule has 1 N–H and O–H groups in total. The summed E-state index contributed by atoms with van der Waals surface area (Å²) in [6.45, 7) is 4.86. The zero-order valence-corrected chi connectivity index (χ0v) is 14.2. The third-order valence-electron chi connectivity index (χ3n) is 4.46. The molecular weight excluding hydrogens is 320 g/mol. The van der Waals surface area contributed by atoms with Crippen molar-refractivity contribution in [3.63, 3.8) is 0 Å². The smallest absolute Gasteiger partial charge is 0.354 e. The SMILES string of the molecule is Cc1ccccc1C1CN(C(=O)c2ccc(C(=O)O)nc2)C(C)CO1. The fraction of sp³-hybridized carbons (Fsp3) is 0.316. The number of carbonyl (C=O) groups excluding carboxylic acids is 1. The van der Waals surface area contributed by atoms with Crippen LogP contribution in [0.1, 0.15) is 45.0 Å². The molecule has 2 atom stereocenters. The number of morpholine rings is 1. The molecule has 1 aliphatic heterocycles. The number of ether oxygens (including phenoxy) is 1. The Kier molecular flexibility index (Phi) is 4.81. The van der Waals surface area contributed by atoms with Crippen LogP contribution in [0.2, 0.25) is 0 Å². The second-order valence-electron chi connectivity index (χ2n) is 6.22. The molecule has 130 valence electrons. The Morgan fingerprint density at radius 2 is 2.00 bits per heavy atom. The third kappa shape index (κ3) is 3.53. The minimum absolute atomic E-state index is 0.0630. The van der Waals surface area contributed by atoms with E-state index in [1.165, 1.54) is 18.3 Å². The molecule has 3 rings (SSSR count). The lowest BCUT2D eigenvalue weighted by molar-refractivity contribution is -0.0489. The first-order valence-electron chi connectivity index (χ1n) is 8.15. The van der Waals surface area contributed by atoms with Crippen molar-refractivity contribution in [3.8, 4) is 0 Å². The maximum Gasteiger partial charge on any atom is 0.354 e. The van der Waals surface area contributed by atoms with Crippen LogP contribution in [0.5, 0.6) is 0 Å². The van der Waals surface area contributed by atoms with E-state index in [4.69, 9.17) is 9.84 Å². The van der Waals surface area contributed by atoms with Gasteiger partial charge in [-0.2, -0.15) is 0 Å². The molecule has 1 aliphatic rings. The topological polar surface area (TPSA) is 79.7 Å². The van der Waals surface area contributed by atoms with Gasteiger partial charge in [0.15, 0.2) is 0 Å². The number of hydrogen-bond donors (Lipinski definition) is 1. The largest absolute Gasteiger partial charge is 0.477 e. The minimum Gasteiger partial charge on any atom is -0.477 e. The third-order valence-corrected chi connectivity index (χ3v) is 4.46. The lowest BCUT2D eigenvalue weighted by atomic mass is 10.0. The number of amides is 1. The number of benzene rings is 1. The standard InChI is InChI=1S/C19H20N2O4/c1-12-5-3-4-6-15(12)17-10-21(13(2)11-25-17)18(22)14-7-8-16(19(23)24)20-9-14/h3-9,13,17H,10-11H2,1-2H3,(H,23,24). The van der Waals surface area contributed by atoms with Gasteiger partial charge >= 0.3 is 5.97 Å². The summed E-state index contributed by atoms with van der Waals surface area (Å²) in [5, 5.41) is 8.92. The monoisotopic (exact) mass is 340 g/mol. The van der Waals surface area contributed by atoms with Crippen LogP contribution in [0, 0.1) is 6.92 Å². The zero-order valence-electron chi connectivity index (χ0n) is 14.2. The number of aryl methyl sites for hydroxylation is 1. The average molecular weight is 340 g/mol. The highest BCUT2D eigenvalue weighted by Gasteiger charge is 2.31. The first-order chi connectivity index (χ1) is 12.0. The van der Waals surface area contributed by atoms with Crippen molar-refractivity contribution < 1.29 is 19.4 Å². The van der Waals surface area contributed by atoms with Gasteiger partial charge in [-0.25, -0.2) is 9.78 Å². The molecule has 2 aromatic rings. The van der Waals surface area contributed by atoms with Crippen molar-refractivity contribution in [3.05, 3.63) is 65.0 Å². The lowest BCUT2D eigenvalue weighted by Gasteiger charge is -2.38. The lowest BCUT2D eigenvalue weighted by Crippen LogP contribution is -2.48. The first kappa shape index (κ1) is 17.1. The Morgan fingerprint density at radius 1 is 1.24 bits per heavy atom. The van der Waals surface area contributed by atoms with Gasteiger partial charge in [0.1, 0.15) is 11.8 Å². The fourth-order valence-electron chi connectivity index (χ4n) is 2.99. The summed E-state index contributed by atoms with van der Waals surface area (Å²) in [5.41, 5.74) is 2.50. The summed E-state index contributed by atoms with van der Waals surface area (Å²) in [6.07, 6.45) is 1.14. The number of carbonyl (C=O) groups is 2. The number of pyridine rings is 1. The Hall–Kier alpha value is -2.73. The van der Waals surface area contributed by atoms with Gasteiger partial charge < -0.3 is 14.7 Å². The fourth-order valence-corrected chi connectivity index (χ4v) is 2.99. The zero-order chi connectivity index (χ0) is 18.0. The maximum atomic E-state index is 12.8. The Labute approximate surface area is 146 Å². The van der Waals surface area contributed by atoms with Crippen LogP contribution < -0.4 is 0 Å². The number of hydrogen-bond acceptors (Lipinski definition) is 4. The van der Waals surface area contributed by atoms with Crippen molar-refractivity contribution in [1.82, 2.24) is 9.88 Å². The van der Waals surface area contributed by atoms with Crippen LogP contribution in [0.4, 0.5) is 0 Å². The van der Waals surface area contributed by atoms with E-state index in [2.05, 4.69) is 4.98 Å². The number of carboxylic acids is 1. The highest BCUT2D eigenvalue weighted by atomic mass is 16.5. The van der Waals surface area contributed by atoms with Gasteiger partial charge in [-0.15, -0.1) is 0 Å². The van der Waals surface area contributed by atoms with Crippen LogP contribution in [-0.4, -0.2) is 46.1 Å². The Bertz CT molecular complexity index is 788. The molecule has 1 amide bonds. The highest BCUT2D eigenvalue weighted by Crippen LogP contribution is 2.28. The van der Waals surface area contributed by atoms with Gasteiger partial charge in [0.25, 0.3) is 5.91 Å². The number of nitrogens with zero attached hydrogens (tertiary/aromatic N) is 2. The summed E-state index contributed by atoms with van der Waals surface area (Å²) in [6, 6.07) is 10.8. The maximum absolute atomic E-state index is 12.8. The normalized spacial score (nSPS) is 20.3. The van der Waals surface area contributed by atoms with E-state index >= 15 is 0 Å². The number of carboxylic acid groups (broad SMARTS) is 1. The Morgan fingerprint density at radius 3 is 2.64 bits per heavy atom. The molecule has 0 spiro atoms. The molecule has 1 aromatic carbocycles. The molecule has 0 bridgehead atoms. The summed E-state index contributed by atoms with van der Waals surface area (Å²) < 4.78 is 5.94. The highest BCUT2D eigenvalue weighted by molar-refractivity contribution is 5.95. The van der Waals surface area contributed by atoms with E-state index in [0.29, 0.717) is 18.7 Å². The summed E-state index contributed by atoms with van der Waals surface area (Å²) in [4.78, 5) is 29.3. The molecule has 2 unspecified atom stereocenters. The quantitative estimate of drug-likeness (QED) is 0.929. The van der Waals surface area contributed by atoms with E-state index in [1.54, 1.807) is 4.90 Å². The molecule has 0 saturated carbocycles. The van der Waals surface area contributed by atoms with Crippen molar-refractivity contribution in [2.75, 3.05) is 13.2 Å². The number of rotatable bonds is 3. The number of aromatic carboxylic acids is 1. The molecule has 1 fully saturated rings. The molecular formula is C19H20N2O4. The van der Waals surface area contributed by atoms with Crippen LogP contribution in [0.3, 0.4) is 0 Å². The van der Waals surface area contributed by atoms with E-state index in [1.807, 2.05) is 38.1 Å². The van der Waals surface area contributed by atoms with Crippen molar-refractivity contribution in [2.45, 2.75) is 26.0 Å². The van der Waals surface area contributed by atoms with Crippen molar-refractivity contribution in [2.24, 2.45) is 0 Å². The van der Waals surface area contributed by atoms with Gasteiger partial charge in [-0.05, 0) is 37.1 Å². The van der Waals surface area contributed by atoms with Crippen LogP contribution in [0.15, 0.2) is 42.6 Å².